The smallest absolute Gasteiger partial charge is 0.278 e. The van der Waals surface area contributed by atoms with E-state index in [9.17, 15) is 9.59 Å². The van der Waals surface area contributed by atoms with Crippen molar-refractivity contribution in [3.63, 3.8) is 0 Å². The number of methoxy groups -OCH3 is 1. The van der Waals surface area contributed by atoms with E-state index >= 15 is 0 Å². The molecule has 0 aliphatic rings. The Morgan fingerprint density at radius 1 is 1.39 bits per heavy atom. The van der Waals surface area contributed by atoms with Crippen LogP contribution in [0.3, 0.4) is 0 Å². The molecule has 0 unspecified atom stereocenters. The van der Waals surface area contributed by atoms with Crippen LogP contribution in [0, 0.1) is 6.92 Å². The van der Waals surface area contributed by atoms with Gasteiger partial charge in [0, 0.05) is 12.2 Å². The maximum atomic E-state index is 12.6. The molecule has 3 aromatic rings. The molecule has 7 nitrogen and oxygen atoms in total. The normalized spacial score (nSPS) is 12.1. The molecule has 0 fully saturated rings. The standard InChI is InChI=1S/C20H24N4O3S/c1-5-24-19(26)18-16(9-12(2)21-18)23-20(24)28-11-17(25)22-13(3)14-7-6-8-15(10-14)27-4/h6-10,13,21H,5,11H2,1-4H3,(H,22,25)/t13-/m1/s1. The van der Waals surface area contributed by atoms with Crippen molar-refractivity contribution in [2.24, 2.45) is 0 Å². The third kappa shape index (κ3) is 4.22. The molecule has 148 valence electrons. The highest BCUT2D eigenvalue weighted by Crippen LogP contribution is 2.21. The molecule has 3 rings (SSSR count). The first-order chi connectivity index (χ1) is 13.4. The summed E-state index contributed by atoms with van der Waals surface area (Å²) in [5, 5.41) is 3.52. The lowest BCUT2D eigenvalue weighted by Gasteiger charge is -2.15. The van der Waals surface area contributed by atoms with Crippen LogP contribution in [0.1, 0.15) is 31.1 Å². The molecule has 1 amide bonds. The van der Waals surface area contributed by atoms with E-state index in [0.29, 0.717) is 22.7 Å². The zero-order chi connectivity index (χ0) is 20.3. The molecule has 8 heteroatoms. The quantitative estimate of drug-likeness (QED) is 0.470. The number of nitrogens with one attached hydrogen (secondary N) is 2. The van der Waals surface area contributed by atoms with Gasteiger partial charge in [-0.15, -0.1) is 0 Å². The van der Waals surface area contributed by atoms with E-state index in [1.165, 1.54) is 11.8 Å². The average molecular weight is 401 g/mol. The summed E-state index contributed by atoms with van der Waals surface area (Å²) in [5.74, 6) is 0.803. The van der Waals surface area contributed by atoms with Crippen LogP contribution >= 0.6 is 11.8 Å². The van der Waals surface area contributed by atoms with Crippen LogP contribution in [0.4, 0.5) is 0 Å². The van der Waals surface area contributed by atoms with E-state index in [1.54, 1.807) is 11.7 Å². The SMILES string of the molecule is CCn1c(SCC(=O)N[C@H](C)c2cccc(OC)c2)nc2cc(C)[nH]c2c1=O. The fourth-order valence-electron chi connectivity index (χ4n) is 3.01. The number of aromatic amines is 1. The van der Waals surface area contributed by atoms with E-state index in [2.05, 4.69) is 15.3 Å². The van der Waals surface area contributed by atoms with Crippen molar-refractivity contribution >= 4 is 28.7 Å². The fraction of sp³-hybridized carbons (Fsp3) is 0.350. The third-order valence-electron chi connectivity index (χ3n) is 4.46. The van der Waals surface area contributed by atoms with Gasteiger partial charge in [-0.2, -0.15) is 0 Å². The Balaban J connectivity index is 1.71. The van der Waals surface area contributed by atoms with Crippen LogP contribution in [0.25, 0.3) is 11.0 Å². The van der Waals surface area contributed by atoms with E-state index in [-0.39, 0.29) is 23.3 Å². The fourth-order valence-corrected chi connectivity index (χ4v) is 3.88. The largest absolute Gasteiger partial charge is 0.497 e. The Bertz CT molecular complexity index is 1060. The highest BCUT2D eigenvalue weighted by Gasteiger charge is 2.15. The number of thioether (sulfide) groups is 1. The van der Waals surface area contributed by atoms with E-state index in [1.807, 2.05) is 51.1 Å². The molecule has 0 radical (unpaired) electrons. The van der Waals surface area contributed by atoms with E-state index in [4.69, 9.17) is 4.74 Å². The van der Waals surface area contributed by atoms with Crippen LogP contribution in [0.2, 0.25) is 0 Å². The first kappa shape index (κ1) is 20.0. The van der Waals surface area contributed by atoms with Crippen LogP contribution in [-0.4, -0.2) is 33.3 Å². The topological polar surface area (TPSA) is 89.0 Å². The summed E-state index contributed by atoms with van der Waals surface area (Å²) in [6, 6.07) is 9.28. The van der Waals surface area contributed by atoms with Crippen LogP contribution < -0.4 is 15.6 Å². The number of carbonyl (C=O) groups is 1. The number of carbonyl (C=O) groups excluding carboxylic acids is 1. The van der Waals surface area contributed by atoms with Gasteiger partial charge >= 0.3 is 0 Å². The van der Waals surface area contributed by atoms with Gasteiger partial charge in [0.15, 0.2) is 5.16 Å². The minimum Gasteiger partial charge on any atom is -0.497 e. The number of fused-ring (bicyclic) bond motifs is 1. The van der Waals surface area contributed by atoms with Crippen molar-refractivity contribution in [2.75, 3.05) is 12.9 Å². The third-order valence-corrected chi connectivity index (χ3v) is 5.43. The summed E-state index contributed by atoms with van der Waals surface area (Å²) < 4.78 is 6.81. The lowest BCUT2D eigenvalue weighted by molar-refractivity contribution is -0.119. The lowest BCUT2D eigenvalue weighted by Crippen LogP contribution is -2.29. The maximum Gasteiger partial charge on any atom is 0.278 e. The zero-order valence-electron chi connectivity index (χ0n) is 16.4. The predicted octanol–water partition coefficient (Wildman–Crippen LogP) is 3.03. The molecule has 0 bridgehead atoms. The van der Waals surface area contributed by atoms with Crippen molar-refractivity contribution in [1.82, 2.24) is 19.9 Å². The second-order valence-electron chi connectivity index (χ2n) is 6.51. The second kappa shape index (κ2) is 8.52. The lowest BCUT2D eigenvalue weighted by atomic mass is 10.1. The minimum atomic E-state index is -0.153. The number of aryl methyl sites for hydroxylation is 1. The monoisotopic (exact) mass is 400 g/mol. The number of benzene rings is 1. The van der Waals surface area contributed by atoms with Gasteiger partial charge in [0.2, 0.25) is 5.91 Å². The number of hydrogen-bond donors (Lipinski definition) is 2. The number of hydrogen-bond acceptors (Lipinski definition) is 5. The number of amides is 1. The van der Waals surface area contributed by atoms with Crippen molar-refractivity contribution in [3.05, 3.63) is 51.9 Å². The minimum absolute atomic E-state index is 0.117. The molecule has 2 aromatic heterocycles. The van der Waals surface area contributed by atoms with Gasteiger partial charge in [0.1, 0.15) is 11.3 Å². The van der Waals surface area contributed by atoms with Gasteiger partial charge in [0.25, 0.3) is 5.56 Å². The summed E-state index contributed by atoms with van der Waals surface area (Å²) in [6.07, 6.45) is 0. The van der Waals surface area contributed by atoms with Crippen LogP contribution in [0.5, 0.6) is 5.75 Å². The highest BCUT2D eigenvalue weighted by molar-refractivity contribution is 7.99. The van der Waals surface area contributed by atoms with E-state index in [0.717, 1.165) is 17.0 Å². The summed E-state index contributed by atoms with van der Waals surface area (Å²) in [7, 11) is 1.61. The Morgan fingerprint density at radius 2 is 2.18 bits per heavy atom. The number of rotatable bonds is 7. The van der Waals surface area contributed by atoms with Crippen molar-refractivity contribution < 1.29 is 9.53 Å². The van der Waals surface area contributed by atoms with Gasteiger partial charge in [-0.3, -0.25) is 14.2 Å². The van der Waals surface area contributed by atoms with Gasteiger partial charge < -0.3 is 15.0 Å². The molecule has 0 saturated carbocycles. The van der Waals surface area contributed by atoms with Crippen molar-refractivity contribution in [1.29, 1.82) is 0 Å². The molecule has 1 atom stereocenters. The highest BCUT2D eigenvalue weighted by atomic mass is 32.2. The van der Waals surface area contributed by atoms with Crippen molar-refractivity contribution in [3.8, 4) is 5.75 Å². The molecule has 0 aliphatic carbocycles. The Hall–Kier alpha value is -2.74. The Morgan fingerprint density at radius 3 is 2.89 bits per heavy atom. The molecular weight excluding hydrogens is 376 g/mol. The van der Waals surface area contributed by atoms with Gasteiger partial charge in [-0.25, -0.2) is 4.98 Å². The average Bonchev–Trinajstić information content (AvgIpc) is 3.07. The number of H-pyrrole nitrogens is 1. The van der Waals surface area contributed by atoms with Gasteiger partial charge in [0.05, 0.1) is 24.4 Å². The predicted molar refractivity (Wildman–Crippen MR) is 111 cm³/mol. The van der Waals surface area contributed by atoms with Crippen molar-refractivity contribution in [2.45, 2.75) is 38.5 Å². The van der Waals surface area contributed by atoms with Gasteiger partial charge in [-0.05, 0) is 44.5 Å². The Kier molecular flexibility index (Phi) is 6.08. The van der Waals surface area contributed by atoms with Gasteiger partial charge in [-0.1, -0.05) is 23.9 Å². The Labute approximate surface area is 167 Å². The summed E-state index contributed by atoms with van der Waals surface area (Å²) >= 11 is 1.26. The maximum absolute atomic E-state index is 12.6. The molecule has 0 aliphatic heterocycles. The first-order valence-electron chi connectivity index (χ1n) is 9.09. The summed E-state index contributed by atoms with van der Waals surface area (Å²) in [4.78, 5) is 32.7. The molecule has 28 heavy (non-hydrogen) atoms. The van der Waals surface area contributed by atoms with Crippen LogP contribution in [-0.2, 0) is 11.3 Å². The molecule has 2 heterocycles. The molecule has 2 N–H and O–H groups in total. The zero-order valence-corrected chi connectivity index (χ0v) is 17.2. The second-order valence-corrected chi connectivity index (χ2v) is 7.45. The summed E-state index contributed by atoms with van der Waals surface area (Å²) in [5.41, 5.74) is 2.85. The first-order valence-corrected chi connectivity index (χ1v) is 10.1. The molecule has 0 saturated heterocycles. The number of nitrogens with zero attached hydrogens (tertiary/aromatic N) is 2. The number of aromatic nitrogens is 3. The van der Waals surface area contributed by atoms with E-state index < -0.39 is 0 Å². The molecule has 0 spiro atoms. The molecular formula is C20H24N4O3S. The number of ether oxygens (including phenoxy) is 1. The summed E-state index contributed by atoms with van der Waals surface area (Å²) in [6.45, 7) is 6.19. The molecule has 1 aromatic carbocycles. The van der Waals surface area contributed by atoms with Crippen LogP contribution in [0.15, 0.2) is 40.3 Å².